The molecule has 2 aliphatic carbocycles. The molecule has 0 radical (unpaired) electrons. The summed E-state index contributed by atoms with van der Waals surface area (Å²) in [5.41, 5.74) is 1.15. The van der Waals surface area contributed by atoms with Gasteiger partial charge in [-0.25, -0.2) is 18.6 Å². The van der Waals surface area contributed by atoms with Crippen molar-refractivity contribution in [3.63, 3.8) is 0 Å². The highest BCUT2D eigenvalue weighted by Gasteiger charge is 2.54. The Hall–Kier alpha value is -5.97. The second-order valence-corrected chi connectivity index (χ2v) is 18.5. The number of halogens is 2. The van der Waals surface area contributed by atoms with E-state index in [1.807, 2.05) is 12.1 Å². The van der Waals surface area contributed by atoms with Gasteiger partial charge in [0.1, 0.15) is 23.2 Å². The number of nitrogens with one attached hydrogen (secondary N) is 2. The molecular weight excluding hydrogens is 811 g/mol. The topological polar surface area (TPSA) is 188 Å². The molecule has 318 valence electrons. The van der Waals surface area contributed by atoms with Gasteiger partial charge in [-0.05, 0) is 97.9 Å². The molecule has 5 aromatic rings. The molecule has 0 atom stereocenters. The highest BCUT2D eigenvalue weighted by atomic mass is 32.2. The number of hydrogen-bond donors (Lipinski definition) is 2. The van der Waals surface area contributed by atoms with Gasteiger partial charge in [-0.15, -0.1) is 0 Å². The first kappa shape index (κ1) is 40.4. The Labute approximate surface area is 349 Å². The molecule has 61 heavy (non-hydrogen) atoms. The number of rotatable bonds is 10. The molecule has 0 unspecified atom stereocenters. The standard InChI is InChI=1S/C42H44F2N10O6S/c1-4-50(2)61(58,59)49-35-12-10-32(43)38(31(35)20-45)60-27-9-11-34-29(15-27)40(56)54(23-46-34)26-18-42(19-26)21-52(22-42)25-7-5-24(6-8-25)28-17-36-30(16-33(28)44)39(48-51(36)3)53-14-13-37(55)47-41(53)57/h9-12,15-17,23-26,49H,4-8,13-14,18-19,21-22H2,1-3H3,(H,47,55,57). The summed E-state index contributed by atoms with van der Waals surface area (Å²) in [6, 6.07) is 11.6. The summed E-state index contributed by atoms with van der Waals surface area (Å²) in [4.78, 5) is 46.4. The number of benzene rings is 3. The number of anilines is 2. The van der Waals surface area contributed by atoms with Crippen molar-refractivity contribution in [1.29, 1.82) is 5.26 Å². The van der Waals surface area contributed by atoms with Gasteiger partial charge in [-0.1, -0.05) is 6.92 Å². The lowest BCUT2D eigenvalue weighted by Gasteiger charge is -2.61. The summed E-state index contributed by atoms with van der Waals surface area (Å²) >= 11 is 0. The molecule has 3 aromatic carbocycles. The largest absolute Gasteiger partial charge is 0.453 e. The van der Waals surface area contributed by atoms with E-state index in [2.05, 4.69) is 25.0 Å². The van der Waals surface area contributed by atoms with Crippen molar-refractivity contribution in [3.8, 4) is 17.6 Å². The Bertz CT molecular complexity index is 2840. The minimum Gasteiger partial charge on any atom is -0.453 e. The fourth-order valence-electron chi connectivity index (χ4n) is 9.57. The number of fused-ring (bicyclic) bond motifs is 2. The van der Waals surface area contributed by atoms with Crippen LogP contribution in [0.15, 0.2) is 53.6 Å². The first-order valence-corrected chi connectivity index (χ1v) is 21.8. The molecule has 4 aliphatic rings. The molecule has 2 aromatic heterocycles. The highest BCUT2D eigenvalue weighted by Crippen LogP contribution is 2.55. The van der Waals surface area contributed by atoms with Crippen LogP contribution in [0.1, 0.15) is 75.0 Å². The zero-order valence-corrected chi connectivity index (χ0v) is 34.6. The van der Waals surface area contributed by atoms with Gasteiger partial charge >= 0.3 is 16.2 Å². The number of urea groups is 1. The maximum absolute atomic E-state index is 15.7. The van der Waals surface area contributed by atoms with Gasteiger partial charge in [0.2, 0.25) is 5.91 Å². The number of carbonyl (C=O) groups excluding carboxylic acids is 2. The minimum absolute atomic E-state index is 0.0438. The normalized spacial score (nSPS) is 20.8. The average Bonchev–Trinajstić information content (AvgIpc) is 3.52. The first-order valence-electron chi connectivity index (χ1n) is 20.3. The van der Waals surface area contributed by atoms with E-state index in [0.717, 1.165) is 73.6 Å². The Kier molecular flexibility index (Phi) is 10.1. The van der Waals surface area contributed by atoms with Gasteiger partial charge in [0, 0.05) is 64.2 Å². The highest BCUT2D eigenvalue weighted by molar-refractivity contribution is 7.90. The molecule has 3 amide bonds. The van der Waals surface area contributed by atoms with Crippen LogP contribution >= 0.6 is 0 Å². The van der Waals surface area contributed by atoms with Crippen molar-refractivity contribution in [2.75, 3.05) is 42.8 Å². The van der Waals surface area contributed by atoms with Crippen LogP contribution in [0.25, 0.3) is 21.8 Å². The quantitative estimate of drug-likeness (QED) is 0.178. The van der Waals surface area contributed by atoms with Gasteiger partial charge in [0.05, 0.1) is 28.4 Å². The predicted molar refractivity (Wildman–Crippen MR) is 221 cm³/mol. The minimum atomic E-state index is -4.01. The lowest BCUT2D eigenvalue weighted by molar-refractivity contribution is -0.120. The number of ether oxygens (including phenoxy) is 1. The van der Waals surface area contributed by atoms with E-state index in [0.29, 0.717) is 28.3 Å². The number of imide groups is 1. The lowest BCUT2D eigenvalue weighted by atomic mass is 9.59. The third kappa shape index (κ3) is 7.15. The molecule has 9 rings (SSSR count). The van der Waals surface area contributed by atoms with E-state index >= 15 is 8.78 Å². The Balaban J connectivity index is 0.828. The van der Waals surface area contributed by atoms with Crippen LogP contribution in [0.2, 0.25) is 0 Å². The molecule has 4 heterocycles. The lowest BCUT2D eigenvalue weighted by Crippen LogP contribution is -2.65. The molecule has 1 spiro atoms. The number of nitrogens with zero attached hydrogens (tertiary/aromatic N) is 8. The Morgan fingerprint density at radius 1 is 1.02 bits per heavy atom. The second-order valence-electron chi connectivity index (χ2n) is 16.7. The molecule has 19 heteroatoms. The first-order chi connectivity index (χ1) is 29.2. The Morgan fingerprint density at radius 3 is 2.48 bits per heavy atom. The van der Waals surface area contributed by atoms with Crippen molar-refractivity contribution in [2.24, 2.45) is 12.5 Å². The maximum Gasteiger partial charge on any atom is 0.329 e. The number of aryl methyl sites for hydroxylation is 1. The number of nitriles is 1. The molecule has 4 fully saturated rings. The predicted octanol–water partition coefficient (Wildman–Crippen LogP) is 5.64. The van der Waals surface area contributed by atoms with E-state index in [1.165, 1.54) is 30.1 Å². The third-order valence-corrected chi connectivity index (χ3v) is 14.6. The van der Waals surface area contributed by atoms with Crippen molar-refractivity contribution in [1.82, 2.24) is 33.9 Å². The van der Waals surface area contributed by atoms with E-state index in [-0.39, 0.29) is 76.6 Å². The van der Waals surface area contributed by atoms with Gasteiger partial charge in [0.25, 0.3) is 5.56 Å². The van der Waals surface area contributed by atoms with Crippen LogP contribution < -0.4 is 25.2 Å². The molecule has 16 nitrogen and oxygen atoms in total. The molecule has 0 bridgehead atoms. The van der Waals surface area contributed by atoms with Crippen molar-refractivity contribution in [2.45, 2.75) is 69.9 Å². The van der Waals surface area contributed by atoms with E-state index in [1.54, 1.807) is 35.6 Å². The van der Waals surface area contributed by atoms with Gasteiger partial charge in [-0.2, -0.15) is 23.1 Å². The van der Waals surface area contributed by atoms with Crippen LogP contribution in [0, 0.1) is 28.4 Å². The van der Waals surface area contributed by atoms with Crippen LogP contribution in [-0.2, 0) is 22.1 Å². The third-order valence-electron chi connectivity index (χ3n) is 13.0. The molecule has 2 saturated carbocycles. The molecule has 2 N–H and O–H groups in total. The van der Waals surface area contributed by atoms with E-state index < -0.39 is 27.8 Å². The molecule has 2 saturated heterocycles. The smallest absolute Gasteiger partial charge is 0.329 e. The van der Waals surface area contributed by atoms with Crippen LogP contribution in [0.5, 0.6) is 11.5 Å². The van der Waals surface area contributed by atoms with Crippen molar-refractivity contribution >= 4 is 55.5 Å². The van der Waals surface area contributed by atoms with Gasteiger partial charge in [-0.3, -0.25) is 38.7 Å². The SMILES string of the molecule is CCN(C)S(=O)(=O)Nc1ccc(F)c(Oc2ccc3ncn(C4CC5(C4)CN(C4CCC(c6cc7c(cc6F)c(N6CCC(=O)NC6=O)nn7C)CC4)C5)c(=O)c3c2)c1C#N. The molecule has 2 aliphatic heterocycles. The van der Waals surface area contributed by atoms with E-state index in [4.69, 9.17) is 4.74 Å². The van der Waals surface area contributed by atoms with Crippen LogP contribution in [0.4, 0.5) is 25.1 Å². The van der Waals surface area contributed by atoms with Gasteiger partial charge < -0.3 is 4.74 Å². The van der Waals surface area contributed by atoms with Crippen molar-refractivity contribution < 1.29 is 31.5 Å². The number of amides is 3. The number of carbonyl (C=O) groups is 2. The number of hydrogen-bond acceptors (Lipinski definition) is 10. The summed E-state index contributed by atoms with van der Waals surface area (Å²) in [5.74, 6) is -1.55. The van der Waals surface area contributed by atoms with Crippen LogP contribution in [-0.4, -0.2) is 88.2 Å². The summed E-state index contributed by atoms with van der Waals surface area (Å²) in [5, 5.41) is 17.5. The summed E-state index contributed by atoms with van der Waals surface area (Å²) < 4.78 is 68.6. The fourth-order valence-corrected chi connectivity index (χ4v) is 10.5. The summed E-state index contributed by atoms with van der Waals surface area (Å²) in [6.07, 6.45) is 6.92. The fraction of sp³-hybridized carbons (Fsp3) is 0.429. The number of aromatic nitrogens is 4. The van der Waals surface area contributed by atoms with Crippen LogP contribution in [0.3, 0.4) is 0 Å². The summed E-state index contributed by atoms with van der Waals surface area (Å²) in [7, 11) is -0.879. The number of likely N-dealkylation sites (tertiary alicyclic amines) is 1. The van der Waals surface area contributed by atoms with Gasteiger partial charge in [0.15, 0.2) is 17.4 Å². The van der Waals surface area contributed by atoms with Crippen molar-refractivity contribution in [3.05, 3.63) is 81.9 Å². The molecular formula is C42H44F2N10O6S. The second kappa shape index (κ2) is 15.2. The Morgan fingerprint density at radius 2 is 1.77 bits per heavy atom. The summed E-state index contributed by atoms with van der Waals surface area (Å²) in [6.45, 7) is 3.85. The zero-order valence-electron chi connectivity index (χ0n) is 33.8. The maximum atomic E-state index is 15.7. The monoisotopic (exact) mass is 854 g/mol. The average molecular weight is 855 g/mol. The van der Waals surface area contributed by atoms with E-state index in [9.17, 15) is 28.1 Å². The zero-order chi connectivity index (χ0) is 43.0.